The smallest absolute Gasteiger partial charge is 0.0931 e. The fraction of sp³-hybridized carbons (Fsp3) is 0.636. The third kappa shape index (κ3) is 3.18. The standard InChI is InChI=1S/C11H16ClNOS/c12-11-4-3-10(15-11)7-13-5-1-2-9(6-13)8-14/h3-4,9,14H,1-2,5-8H2. The van der Waals surface area contributed by atoms with Gasteiger partial charge in [0.1, 0.15) is 0 Å². The maximum atomic E-state index is 9.13. The van der Waals surface area contributed by atoms with Crippen LogP contribution in [0.15, 0.2) is 12.1 Å². The summed E-state index contributed by atoms with van der Waals surface area (Å²) in [6.45, 7) is 3.47. The van der Waals surface area contributed by atoms with Crippen LogP contribution in [0.25, 0.3) is 0 Å². The monoisotopic (exact) mass is 245 g/mol. The van der Waals surface area contributed by atoms with Gasteiger partial charge in [0.15, 0.2) is 0 Å². The van der Waals surface area contributed by atoms with Gasteiger partial charge in [-0.1, -0.05) is 11.6 Å². The van der Waals surface area contributed by atoms with Crippen molar-refractivity contribution < 1.29 is 5.11 Å². The Labute approximate surface area is 99.5 Å². The number of aliphatic hydroxyl groups is 1. The van der Waals surface area contributed by atoms with Crippen LogP contribution in [0.2, 0.25) is 4.34 Å². The second kappa shape index (κ2) is 5.30. The van der Waals surface area contributed by atoms with E-state index in [9.17, 15) is 0 Å². The van der Waals surface area contributed by atoms with Gasteiger partial charge in [0.2, 0.25) is 0 Å². The van der Waals surface area contributed by atoms with E-state index >= 15 is 0 Å². The van der Waals surface area contributed by atoms with Crippen molar-refractivity contribution in [1.82, 2.24) is 4.90 Å². The Kier molecular flexibility index (Phi) is 4.03. The van der Waals surface area contributed by atoms with E-state index in [1.807, 2.05) is 6.07 Å². The van der Waals surface area contributed by atoms with Crippen LogP contribution in [0, 0.1) is 5.92 Å². The molecule has 0 saturated carbocycles. The highest BCUT2D eigenvalue weighted by Gasteiger charge is 2.19. The second-order valence-corrected chi connectivity index (χ2v) is 5.93. The first kappa shape index (κ1) is 11.4. The SMILES string of the molecule is OCC1CCCN(Cc2ccc(Cl)s2)C1. The molecule has 1 aliphatic heterocycles. The van der Waals surface area contributed by atoms with Crippen LogP contribution in [0.1, 0.15) is 17.7 Å². The number of aliphatic hydroxyl groups excluding tert-OH is 1. The maximum absolute atomic E-state index is 9.13. The number of nitrogens with zero attached hydrogens (tertiary/aromatic N) is 1. The minimum atomic E-state index is 0.321. The van der Waals surface area contributed by atoms with Gasteiger partial charge in [-0.05, 0) is 37.4 Å². The molecule has 0 amide bonds. The minimum absolute atomic E-state index is 0.321. The van der Waals surface area contributed by atoms with Crippen LogP contribution in [-0.2, 0) is 6.54 Å². The van der Waals surface area contributed by atoms with E-state index in [1.165, 1.54) is 11.3 Å². The molecule has 1 unspecified atom stereocenters. The largest absolute Gasteiger partial charge is 0.396 e. The molecule has 4 heteroatoms. The lowest BCUT2D eigenvalue weighted by Crippen LogP contribution is -2.36. The summed E-state index contributed by atoms with van der Waals surface area (Å²) in [5, 5.41) is 9.13. The van der Waals surface area contributed by atoms with Gasteiger partial charge >= 0.3 is 0 Å². The molecule has 1 aromatic rings. The minimum Gasteiger partial charge on any atom is -0.396 e. The lowest BCUT2D eigenvalue weighted by atomic mass is 9.99. The van der Waals surface area contributed by atoms with Gasteiger partial charge in [0.05, 0.1) is 4.34 Å². The molecule has 84 valence electrons. The van der Waals surface area contributed by atoms with Gasteiger partial charge in [-0.15, -0.1) is 11.3 Å². The summed E-state index contributed by atoms with van der Waals surface area (Å²) in [4.78, 5) is 3.73. The Bertz CT molecular complexity index is 315. The van der Waals surface area contributed by atoms with Gasteiger partial charge in [0, 0.05) is 24.6 Å². The second-order valence-electron chi connectivity index (χ2n) is 4.13. The van der Waals surface area contributed by atoms with E-state index in [2.05, 4.69) is 11.0 Å². The van der Waals surface area contributed by atoms with E-state index in [1.54, 1.807) is 11.3 Å². The van der Waals surface area contributed by atoms with Crippen LogP contribution >= 0.6 is 22.9 Å². The number of thiophene rings is 1. The lowest BCUT2D eigenvalue weighted by Gasteiger charge is -2.31. The predicted octanol–water partition coefficient (Wildman–Crippen LogP) is 2.61. The molecule has 1 fully saturated rings. The topological polar surface area (TPSA) is 23.5 Å². The highest BCUT2D eigenvalue weighted by Crippen LogP contribution is 2.24. The van der Waals surface area contributed by atoms with Gasteiger partial charge < -0.3 is 5.11 Å². The van der Waals surface area contributed by atoms with Crippen LogP contribution in [0.5, 0.6) is 0 Å². The van der Waals surface area contributed by atoms with Gasteiger partial charge in [-0.3, -0.25) is 4.90 Å². The molecule has 2 heterocycles. The van der Waals surface area contributed by atoms with E-state index in [0.29, 0.717) is 12.5 Å². The third-order valence-corrected chi connectivity index (χ3v) is 4.09. The van der Waals surface area contributed by atoms with Gasteiger partial charge in [-0.25, -0.2) is 0 Å². The van der Waals surface area contributed by atoms with Crippen molar-refractivity contribution in [2.24, 2.45) is 5.92 Å². The third-order valence-electron chi connectivity index (χ3n) is 2.87. The van der Waals surface area contributed by atoms with Crippen LogP contribution in [0.4, 0.5) is 0 Å². The summed E-state index contributed by atoms with van der Waals surface area (Å²) in [5.74, 6) is 0.467. The summed E-state index contributed by atoms with van der Waals surface area (Å²) < 4.78 is 0.862. The number of piperidine rings is 1. The Balaban J connectivity index is 1.88. The number of halogens is 1. The van der Waals surface area contributed by atoms with Crippen LogP contribution < -0.4 is 0 Å². The Morgan fingerprint density at radius 3 is 3.07 bits per heavy atom. The highest BCUT2D eigenvalue weighted by atomic mass is 35.5. The number of hydrogen-bond acceptors (Lipinski definition) is 3. The van der Waals surface area contributed by atoms with Crippen molar-refractivity contribution in [3.63, 3.8) is 0 Å². The van der Waals surface area contributed by atoms with Crippen molar-refractivity contribution in [3.05, 3.63) is 21.3 Å². The van der Waals surface area contributed by atoms with Crippen LogP contribution in [-0.4, -0.2) is 29.7 Å². The summed E-state index contributed by atoms with van der Waals surface area (Å²) >= 11 is 7.55. The Morgan fingerprint density at radius 1 is 1.53 bits per heavy atom. The molecule has 15 heavy (non-hydrogen) atoms. The first-order valence-corrected chi connectivity index (χ1v) is 6.55. The van der Waals surface area contributed by atoms with E-state index in [4.69, 9.17) is 16.7 Å². The van der Waals surface area contributed by atoms with Crippen LogP contribution in [0.3, 0.4) is 0 Å². The van der Waals surface area contributed by atoms with Crippen molar-refractivity contribution in [1.29, 1.82) is 0 Å². The molecule has 1 saturated heterocycles. The molecule has 2 nitrogen and oxygen atoms in total. The van der Waals surface area contributed by atoms with Gasteiger partial charge in [-0.2, -0.15) is 0 Å². The molecule has 0 aliphatic carbocycles. The number of likely N-dealkylation sites (tertiary alicyclic amines) is 1. The molecular weight excluding hydrogens is 230 g/mol. The van der Waals surface area contributed by atoms with Crippen molar-refractivity contribution >= 4 is 22.9 Å². The van der Waals surface area contributed by atoms with Crippen molar-refractivity contribution in [2.75, 3.05) is 19.7 Å². The van der Waals surface area contributed by atoms with Crippen molar-refractivity contribution in [3.8, 4) is 0 Å². The molecule has 0 bridgehead atoms. The maximum Gasteiger partial charge on any atom is 0.0931 e. The van der Waals surface area contributed by atoms with E-state index in [-0.39, 0.29) is 0 Å². The quantitative estimate of drug-likeness (QED) is 0.885. The zero-order valence-corrected chi connectivity index (χ0v) is 10.2. The lowest BCUT2D eigenvalue weighted by molar-refractivity contribution is 0.116. The first-order chi connectivity index (χ1) is 7.28. The van der Waals surface area contributed by atoms with E-state index in [0.717, 1.165) is 30.4 Å². The Hall–Kier alpha value is -0.0900. The molecule has 1 N–H and O–H groups in total. The average molecular weight is 246 g/mol. The normalized spacial score (nSPS) is 23.2. The molecule has 0 aromatic carbocycles. The Morgan fingerprint density at radius 2 is 2.40 bits per heavy atom. The van der Waals surface area contributed by atoms with E-state index < -0.39 is 0 Å². The number of rotatable bonds is 3. The molecule has 1 aliphatic rings. The summed E-state index contributed by atoms with van der Waals surface area (Å²) in [6.07, 6.45) is 2.36. The molecule has 2 rings (SSSR count). The summed E-state index contributed by atoms with van der Waals surface area (Å²) in [7, 11) is 0. The predicted molar refractivity (Wildman–Crippen MR) is 64.4 cm³/mol. The molecule has 0 radical (unpaired) electrons. The average Bonchev–Trinajstić information content (AvgIpc) is 2.64. The van der Waals surface area contributed by atoms with Crippen molar-refractivity contribution in [2.45, 2.75) is 19.4 Å². The molecular formula is C11H16ClNOS. The zero-order chi connectivity index (χ0) is 10.7. The fourth-order valence-electron chi connectivity index (χ4n) is 2.10. The highest BCUT2D eigenvalue weighted by molar-refractivity contribution is 7.16. The fourth-order valence-corrected chi connectivity index (χ4v) is 3.23. The molecule has 1 aromatic heterocycles. The zero-order valence-electron chi connectivity index (χ0n) is 8.66. The molecule has 1 atom stereocenters. The first-order valence-electron chi connectivity index (χ1n) is 5.35. The molecule has 0 spiro atoms. The van der Waals surface area contributed by atoms with Gasteiger partial charge in [0.25, 0.3) is 0 Å². The number of hydrogen-bond donors (Lipinski definition) is 1. The summed E-state index contributed by atoms with van der Waals surface area (Å²) in [5.41, 5.74) is 0. The summed E-state index contributed by atoms with van der Waals surface area (Å²) in [6, 6.07) is 4.05.